The van der Waals surface area contributed by atoms with Gasteiger partial charge in [0.25, 0.3) is 0 Å². The van der Waals surface area contributed by atoms with Gasteiger partial charge in [0.05, 0.1) is 24.5 Å². The molecular weight excluding hydrogens is 343 g/mol. The normalized spacial score (nSPS) is 10.6. The largest absolute Gasteiger partial charge is 0.490 e. The minimum absolute atomic E-state index is 0.230. The Bertz CT molecular complexity index is 589. The summed E-state index contributed by atoms with van der Waals surface area (Å²) in [5, 5.41) is 5.21. The molecule has 0 unspecified atom stereocenters. The lowest BCUT2D eigenvalue weighted by Gasteiger charge is -2.12. The summed E-state index contributed by atoms with van der Waals surface area (Å²) in [6.07, 6.45) is 0.828. The van der Waals surface area contributed by atoms with Crippen LogP contribution in [-0.2, 0) is 6.54 Å². The third-order valence-corrected chi connectivity index (χ3v) is 4.62. The molecule has 0 aliphatic heterocycles. The molecule has 6 heteroatoms. The molecule has 1 aromatic heterocycles. The third-order valence-electron chi connectivity index (χ3n) is 2.70. The number of rotatable bonds is 6. The van der Waals surface area contributed by atoms with Gasteiger partial charge in [-0.3, -0.25) is 0 Å². The molecule has 20 heavy (non-hydrogen) atoms. The van der Waals surface area contributed by atoms with Crippen LogP contribution >= 0.6 is 27.3 Å². The van der Waals surface area contributed by atoms with Crippen LogP contribution < -0.4 is 15.8 Å². The van der Waals surface area contributed by atoms with E-state index >= 15 is 0 Å². The second kappa shape index (κ2) is 6.95. The molecule has 2 rings (SSSR count). The van der Waals surface area contributed by atoms with Gasteiger partial charge in [0.1, 0.15) is 0 Å². The number of hydrogen-bond acceptors (Lipinski definition) is 4. The first-order valence-electron chi connectivity index (χ1n) is 6.29. The Labute approximate surface area is 130 Å². The van der Waals surface area contributed by atoms with Crippen LogP contribution in [0.3, 0.4) is 0 Å². The van der Waals surface area contributed by atoms with E-state index in [0.29, 0.717) is 24.5 Å². The van der Waals surface area contributed by atoms with Crippen molar-refractivity contribution < 1.29 is 9.13 Å². The smallest absolute Gasteiger partial charge is 0.167 e. The molecule has 3 N–H and O–H groups in total. The van der Waals surface area contributed by atoms with E-state index in [1.54, 1.807) is 17.4 Å². The molecule has 0 amide bonds. The molecule has 0 radical (unpaired) electrons. The second-order valence-corrected chi connectivity index (χ2v) is 6.12. The maximum absolute atomic E-state index is 13.7. The maximum atomic E-state index is 13.7. The molecule has 0 saturated carbocycles. The van der Waals surface area contributed by atoms with E-state index in [-0.39, 0.29) is 5.75 Å². The molecule has 1 heterocycles. The van der Waals surface area contributed by atoms with Crippen molar-refractivity contribution in [3.63, 3.8) is 0 Å². The lowest BCUT2D eigenvalue weighted by atomic mass is 10.2. The summed E-state index contributed by atoms with van der Waals surface area (Å²) in [5.41, 5.74) is 6.88. The summed E-state index contributed by atoms with van der Waals surface area (Å²) >= 11 is 5.11. The fourth-order valence-electron chi connectivity index (χ4n) is 1.67. The summed E-state index contributed by atoms with van der Waals surface area (Å²) in [4.78, 5) is 1.16. The quantitative estimate of drug-likeness (QED) is 0.739. The van der Waals surface area contributed by atoms with Gasteiger partial charge in [-0.25, -0.2) is 4.39 Å². The number of thiophene rings is 1. The van der Waals surface area contributed by atoms with Crippen LogP contribution in [-0.4, -0.2) is 6.61 Å². The van der Waals surface area contributed by atoms with Gasteiger partial charge in [0.2, 0.25) is 0 Å². The molecule has 2 aromatic rings. The summed E-state index contributed by atoms with van der Waals surface area (Å²) in [6.45, 7) is 3.08. The van der Waals surface area contributed by atoms with Gasteiger partial charge in [-0.05, 0) is 33.8 Å². The number of ether oxygens (including phenoxy) is 1. The monoisotopic (exact) mass is 358 g/mol. The van der Waals surface area contributed by atoms with Crippen molar-refractivity contribution >= 4 is 38.6 Å². The molecule has 0 aliphatic rings. The number of hydrogen-bond donors (Lipinski definition) is 2. The number of nitrogens with two attached hydrogens (primary N) is 1. The lowest BCUT2D eigenvalue weighted by molar-refractivity contribution is 0.301. The maximum Gasteiger partial charge on any atom is 0.167 e. The van der Waals surface area contributed by atoms with Crippen LogP contribution in [0.5, 0.6) is 5.75 Å². The second-order valence-electron chi connectivity index (χ2n) is 4.26. The first-order valence-corrected chi connectivity index (χ1v) is 7.96. The van der Waals surface area contributed by atoms with Crippen molar-refractivity contribution in [2.24, 2.45) is 0 Å². The average molecular weight is 359 g/mol. The van der Waals surface area contributed by atoms with Gasteiger partial charge >= 0.3 is 0 Å². The SMILES string of the molecule is CCCOc1cc(NCc2sccc2Br)c(N)cc1F. The number of nitrogen functional groups attached to an aromatic ring is 1. The molecule has 1 aromatic carbocycles. The fourth-order valence-corrected chi connectivity index (χ4v) is 3.10. The lowest BCUT2D eigenvalue weighted by Crippen LogP contribution is -2.04. The van der Waals surface area contributed by atoms with Gasteiger partial charge in [0.15, 0.2) is 11.6 Å². The summed E-state index contributed by atoms with van der Waals surface area (Å²) < 4.78 is 20.1. The Morgan fingerprint density at radius 2 is 2.25 bits per heavy atom. The van der Waals surface area contributed by atoms with Crippen LogP contribution in [0.4, 0.5) is 15.8 Å². The minimum Gasteiger partial charge on any atom is -0.490 e. The van der Waals surface area contributed by atoms with E-state index < -0.39 is 5.82 Å². The highest BCUT2D eigenvalue weighted by atomic mass is 79.9. The molecule has 0 atom stereocenters. The highest BCUT2D eigenvalue weighted by Gasteiger charge is 2.10. The van der Waals surface area contributed by atoms with Gasteiger partial charge < -0.3 is 15.8 Å². The first-order chi connectivity index (χ1) is 9.61. The van der Waals surface area contributed by atoms with Gasteiger partial charge in [-0.15, -0.1) is 11.3 Å². The van der Waals surface area contributed by atoms with Crippen molar-refractivity contribution in [3.8, 4) is 5.75 Å². The summed E-state index contributed by atoms with van der Waals surface area (Å²) in [6, 6.07) is 4.89. The predicted octanol–water partition coefficient (Wildman–Crippen LogP) is 4.63. The molecule has 0 fully saturated rings. The van der Waals surface area contributed by atoms with Crippen LogP contribution in [0.25, 0.3) is 0 Å². The van der Waals surface area contributed by atoms with Crippen molar-refractivity contribution in [1.82, 2.24) is 0 Å². The van der Waals surface area contributed by atoms with Crippen LogP contribution in [0, 0.1) is 5.82 Å². The van der Waals surface area contributed by atoms with Crippen LogP contribution in [0.1, 0.15) is 18.2 Å². The molecule has 0 aliphatic carbocycles. The third kappa shape index (κ3) is 3.64. The Balaban J connectivity index is 2.12. The highest BCUT2D eigenvalue weighted by molar-refractivity contribution is 9.10. The fraction of sp³-hybridized carbons (Fsp3) is 0.286. The summed E-state index contributed by atoms with van der Waals surface area (Å²) in [5.74, 6) is -0.201. The zero-order valence-corrected chi connectivity index (χ0v) is 13.5. The molecule has 108 valence electrons. The van der Waals surface area contributed by atoms with E-state index in [1.807, 2.05) is 18.4 Å². The number of halogens is 2. The molecule has 0 bridgehead atoms. The van der Waals surface area contributed by atoms with Crippen molar-refractivity contribution in [3.05, 3.63) is 38.7 Å². The Morgan fingerprint density at radius 1 is 1.45 bits per heavy atom. The molecule has 0 spiro atoms. The number of benzene rings is 1. The Kier molecular flexibility index (Phi) is 5.25. The predicted molar refractivity (Wildman–Crippen MR) is 85.9 cm³/mol. The topological polar surface area (TPSA) is 47.3 Å². The molecule has 3 nitrogen and oxygen atoms in total. The first kappa shape index (κ1) is 15.1. The van der Waals surface area contributed by atoms with Gasteiger partial charge in [-0.1, -0.05) is 6.92 Å². The van der Waals surface area contributed by atoms with E-state index in [1.165, 1.54) is 6.07 Å². The zero-order chi connectivity index (χ0) is 14.5. The van der Waals surface area contributed by atoms with E-state index in [4.69, 9.17) is 10.5 Å². The minimum atomic E-state index is -0.432. The van der Waals surface area contributed by atoms with Crippen molar-refractivity contribution in [1.29, 1.82) is 0 Å². The van der Waals surface area contributed by atoms with E-state index in [2.05, 4.69) is 21.2 Å². The van der Waals surface area contributed by atoms with Crippen molar-refractivity contribution in [2.45, 2.75) is 19.9 Å². The highest BCUT2D eigenvalue weighted by Crippen LogP contribution is 2.30. The average Bonchev–Trinajstić information content (AvgIpc) is 2.82. The Morgan fingerprint density at radius 3 is 2.90 bits per heavy atom. The van der Waals surface area contributed by atoms with Gasteiger partial charge in [0, 0.05) is 21.5 Å². The van der Waals surface area contributed by atoms with Gasteiger partial charge in [-0.2, -0.15) is 0 Å². The van der Waals surface area contributed by atoms with Crippen LogP contribution in [0.15, 0.2) is 28.1 Å². The zero-order valence-electron chi connectivity index (χ0n) is 11.1. The van der Waals surface area contributed by atoms with E-state index in [9.17, 15) is 4.39 Å². The van der Waals surface area contributed by atoms with Crippen molar-refractivity contribution in [2.75, 3.05) is 17.7 Å². The Hall–Kier alpha value is -1.27. The molecule has 0 saturated heterocycles. The van der Waals surface area contributed by atoms with Crippen LogP contribution in [0.2, 0.25) is 0 Å². The number of nitrogens with one attached hydrogen (secondary N) is 1. The molecular formula is C14H16BrFN2OS. The number of anilines is 2. The standard InChI is InChI=1S/C14H16BrFN2OS/c1-2-4-19-13-7-12(11(17)6-10(13)16)18-8-14-9(15)3-5-20-14/h3,5-7,18H,2,4,8,17H2,1H3. The summed E-state index contributed by atoms with van der Waals surface area (Å²) in [7, 11) is 0. The van der Waals surface area contributed by atoms with E-state index in [0.717, 1.165) is 15.8 Å².